The Balaban J connectivity index is 1.68. The second kappa shape index (κ2) is 8.53. The van der Waals surface area contributed by atoms with Gasteiger partial charge in [-0.1, -0.05) is 13.3 Å². The Morgan fingerprint density at radius 1 is 1.19 bits per heavy atom. The van der Waals surface area contributed by atoms with Crippen molar-refractivity contribution >= 4 is 17.0 Å². The molecule has 2 aromatic heterocycles. The van der Waals surface area contributed by atoms with E-state index in [9.17, 15) is 4.79 Å². The lowest BCUT2D eigenvalue weighted by Crippen LogP contribution is -2.30. The lowest BCUT2D eigenvalue weighted by Gasteiger charge is -2.26. The molecule has 2 aromatic rings. The molecule has 1 aliphatic rings. The number of piperidine rings is 1. The first-order valence-electron chi connectivity index (χ1n) is 9.73. The molecule has 3 rings (SSSR count). The molecule has 144 valence electrons. The Bertz CT molecular complexity index is 778. The summed E-state index contributed by atoms with van der Waals surface area (Å²) in [6.07, 6.45) is 6.79. The lowest BCUT2D eigenvalue weighted by atomic mass is 10.1. The maximum Gasteiger partial charge on any atom is 0.327 e. The van der Waals surface area contributed by atoms with E-state index in [-0.39, 0.29) is 23.6 Å². The highest BCUT2D eigenvalue weighted by molar-refractivity contribution is 5.81. The van der Waals surface area contributed by atoms with E-state index in [4.69, 9.17) is 10.5 Å². The number of likely N-dealkylation sites (tertiary alicyclic amines) is 1. The van der Waals surface area contributed by atoms with Gasteiger partial charge in [-0.3, -0.25) is 4.57 Å². The minimum Gasteiger partial charge on any atom is -0.460 e. The quantitative estimate of drug-likeness (QED) is 0.698. The maximum atomic E-state index is 12.3. The molecule has 0 amide bonds. The Hall–Kier alpha value is -2.09. The van der Waals surface area contributed by atoms with Crippen LogP contribution in [-0.2, 0) is 6.54 Å². The van der Waals surface area contributed by atoms with Crippen LogP contribution in [0.3, 0.4) is 0 Å². The highest BCUT2D eigenvalue weighted by Gasteiger charge is 2.16. The molecular weight excluding hydrogens is 332 g/mol. The van der Waals surface area contributed by atoms with Gasteiger partial charge in [0.1, 0.15) is 5.52 Å². The normalized spacial score (nSPS) is 16.8. The van der Waals surface area contributed by atoms with E-state index < -0.39 is 0 Å². The smallest absolute Gasteiger partial charge is 0.327 e. The van der Waals surface area contributed by atoms with Crippen molar-refractivity contribution in [3.63, 3.8) is 0 Å². The summed E-state index contributed by atoms with van der Waals surface area (Å²) in [6.45, 7) is 8.10. The number of nitrogens with two attached hydrogens (primary N) is 1. The van der Waals surface area contributed by atoms with Crippen molar-refractivity contribution in [2.75, 3.05) is 25.4 Å². The Morgan fingerprint density at radius 3 is 2.65 bits per heavy atom. The molecule has 1 atom stereocenters. The first-order valence-corrected chi connectivity index (χ1v) is 9.73. The number of aryl methyl sites for hydroxylation is 1. The number of nitrogens with zero attached hydrogens (tertiary/aromatic N) is 4. The van der Waals surface area contributed by atoms with Crippen molar-refractivity contribution in [3.05, 3.63) is 10.5 Å². The molecule has 1 aliphatic heterocycles. The molecule has 3 N–H and O–H groups in total. The third-order valence-electron chi connectivity index (χ3n) is 5.07. The van der Waals surface area contributed by atoms with Crippen molar-refractivity contribution in [2.24, 2.45) is 0 Å². The predicted octanol–water partition coefficient (Wildman–Crippen LogP) is 2.15. The summed E-state index contributed by atoms with van der Waals surface area (Å²) in [5.41, 5.74) is 6.81. The van der Waals surface area contributed by atoms with Crippen LogP contribution in [0.5, 0.6) is 6.01 Å². The third kappa shape index (κ3) is 4.35. The van der Waals surface area contributed by atoms with Crippen LogP contribution >= 0.6 is 0 Å². The van der Waals surface area contributed by atoms with Crippen LogP contribution in [0, 0.1) is 0 Å². The average molecular weight is 362 g/mol. The maximum absolute atomic E-state index is 12.3. The van der Waals surface area contributed by atoms with Gasteiger partial charge in [0.25, 0.3) is 0 Å². The number of hydrogen-bond donors (Lipinski definition) is 2. The molecule has 0 saturated carbocycles. The fraction of sp³-hybridized carbons (Fsp3) is 0.722. The number of imidazole rings is 1. The van der Waals surface area contributed by atoms with E-state index in [1.54, 1.807) is 4.57 Å². The number of aromatic nitrogens is 4. The van der Waals surface area contributed by atoms with Crippen molar-refractivity contribution in [3.8, 4) is 6.01 Å². The van der Waals surface area contributed by atoms with Crippen LogP contribution in [0.1, 0.15) is 52.4 Å². The van der Waals surface area contributed by atoms with E-state index >= 15 is 0 Å². The van der Waals surface area contributed by atoms with Gasteiger partial charge in [0, 0.05) is 6.54 Å². The van der Waals surface area contributed by atoms with E-state index in [1.807, 2.05) is 13.8 Å². The molecule has 8 nitrogen and oxygen atoms in total. The van der Waals surface area contributed by atoms with Crippen LogP contribution in [0.2, 0.25) is 0 Å². The summed E-state index contributed by atoms with van der Waals surface area (Å²) in [5, 5.41) is 0. The molecule has 0 aliphatic carbocycles. The van der Waals surface area contributed by atoms with E-state index in [1.165, 1.54) is 32.4 Å². The molecule has 0 spiro atoms. The molecule has 0 bridgehead atoms. The number of anilines is 1. The van der Waals surface area contributed by atoms with Gasteiger partial charge in [-0.15, -0.1) is 0 Å². The summed E-state index contributed by atoms with van der Waals surface area (Å²) in [4.78, 5) is 26.2. The van der Waals surface area contributed by atoms with E-state index in [0.29, 0.717) is 17.7 Å². The van der Waals surface area contributed by atoms with E-state index in [2.05, 4.69) is 19.9 Å². The van der Waals surface area contributed by atoms with Gasteiger partial charge in [-0.25, -0.2) is 4.79 Å². The first-order chi connectivity index (χ1) is 12.6. The number of fused-ring (bicyclic) bond motifs is 1. The number of nitrogens with one attached hydrogen (secondary N) is 1. The van der Waals surface area contributed by atoms with Gasteiger partial charge in [0.15, 0.2) is 11.5 Å². The molecular formula is C18H30N6O2. The molecule has 3 heterocycles. The van der Waals surface area contributed by atoms with Gasteiger partial charge in [-0.2, -0.15) is 9.97 Å². The van der Waals surface area contributed by atoms with Crippen LogP contribution < -0.4 is 16.2 Å². The van der Waals surface area contributed by atoms with Crippen LogP contribution in [-0.4, -0.2) is 50.2 Å². The predicted molar refractivity (Wildman–Crippen MR) is 102 cm³/mol. The molecule has 0 radical (unpaired) electrons. The third-order valence-corrected chi connectivity index (χ3v) is 5.07. The fourth-order valence-corrected chi connectivity index (χ4v) is 3.34. The van der Waals surface area contributed by atoms with Gasteiger partial charge in [0.2, 0.25) is 0 Å². The summed E-state index contributed by atoms with van der Waals surface area (Å²) < 4.78 is 7.33. The van der Waals surface area contributed by atoms with Gasteiger partial charge in [0.05, 0.1) is 6.10 Å². The monoisotopic (exact) mass is 362 g/mol. The zero-order valence-corrected chi connectivity index (χ0v) is 15.8. The van der Waals surface area contributed by atoms with Gasteiger partial charge >= 0.3 is 11.7 Å². The van der Waals surface area contributed by atoms with Crippen molar-refractivity contribution < 1.29 is 4.74 Å². The molecule has 26 heavy (non-hydrogen) atoms. The molecule has 0 unspecified atom stereocenters. The average Bonchev–Trinajstić information content (AvgIpc) is 2.96. The SMILES string of the molecule is CC[C@H](C)Oc1nc(N)c2[nH]c(=O)n(CCCCN3CCCCC3)c2n1. The number of rotatable bonds is 8. The topological polar surface area (TPSA) is 102 Å². The Labute approximate surface area is 153 Å². The Kier molecular flexibility index (Phi) is 6.13. The number of H-pyrrole nitrogens is 1. The largest absolute Gasteiger partial charge is 0.460 e. The summed E-state index contributed by atoms with van der Waals surface area (Å²) in [5.74, 6) is 0.248. The van der Waals surface area contributed by atoms with Gasteiger partial charge < -0.3 is 20.4 Å². The summed E-state index contributed by atoms with van der Waals surface area (Å²) >= 11 is 0. The number of hydrogen-bond acceptors (Lipinski definition) is 6. The van der Waals surface area contributed by atoms with Crippen LogP contribution in [0.15, 0.2) is 4.79 Å². The highest BCUT2D eigenvalue weighted by Crippen LogP contribution is 2.19. The molecule has 0 aromatic carbocycles. The summed E-state index contributed by atoms with van der Waals surface area (Å²) in [7, 11) is 0. The summed E-state index contributed by atoms with van der Waals surface area (Å²) in [6, 6.07) is 0.227. The standard InChI is InChI=1S/C18H30N6O2/c1-3-13(2)26-17-21-15(19)14-16(22-17)24(18(25)20-14)12-8-7-11-23-9-5-4-6-10-23/h13H,3-12H2,1-2H3,(H,20,25)(H2,19,21,22)/t13-/m0/s1. The van der Waals surface area contributed by atoms with E-state index in [0.717, 1.165) is 25.8 Å². The zero-order valence-electron chi connectivity index (χ0n) is 15.8. The highest BCUT2D eigenvalue weighted by atomic mass is 16.5. The number of aromatic amines is 1. The van der Waals surface area contributed by atoms with Crippen LogP contribution in [0.25, 0.3) is 11.2 Å². The molecule has 1 saturated heterocycles. The second-order valence-corrected chi connectivity index (χ2v) is 7.12. The van der Waals surface area contributed by atoms with Crippen LogP contribution in [0.4, 0.5) is 5.82 Å². The van der Waals surface area contributed by atoms with Crippen molar-refractivity contribution in [1.82, 2.24) is 24.4 Å². The number of nitrogen functional groups attached to an aromatic ring is 1. The minimum absolute atomic E-state index is 0.00416. The minimum atomic E-state index is -0.195. The molecule has 8 heteroatoms. The number of unbranched alkanes of at least 4 members (excludes halogenated alkanes) is 1. The first kappa shape index (κ1) is 18.7. The number of ether oxygens (including phenoxy) is 1. The Morgan fingerprint density at radius 2 is 1.92 bits per heavy atom. The van der Waals surface area contributed by atoms with Crippen molar-refractivity contribution in [1.29, 1.82) is 0 Å². The zero-order chi connectivity index (χ0) is 18.5. The lowest BCUT2D eigenvalue weighted by molar-refractivity contribution is 0.200. The fourth-order valence-electron chi connectivity index (χ4n) is 3.34. The van der Waals surface area contributed by atoms with Gasteiger partial charge in [-0.05, 0) is 58.7 Å². The van der Waals surface area contributed by atoms with Crippen molar-refractivity contribution in [2.45, 2.75) is 65.0 Å². The second-order valence-electron chi connectivity index (χ2n) is 7.12. The molecule has 1 fully saturated rings.